The van der Waals surface area contributed by atoms with Crippen LogP contribution in [0.3, 0.4) is 0 Å². The smallest absolute Gasteiger partial charge is 0.293 e. The van der Waals surface area contributed by atoms with Crippen LogP contribution in [-0.2, 0) is 16.8 Å². The summed E-state index contributed by atoms with van der Waals surface area (Å²) in [6.07, 6.45) is 9.90. The van der Waals surface area contributed by atoms with Gasteiger partial charge < -0.3 is 4.74 Å². The summed E-state index contributed by atoms with van der Waals surface area (Å²) in [6, 6.07) is 13.9. The number of carbonyl (C=O) groups is 2. The Morgan fingerprint density at radius 1 is 1.06 bits per heavy atom. The van der Waals surface area contributed by atoms with Crippen LogP contribution in [-0.4, -0.2) is 22.7 Å². The minimum atomic E-state index is -0.275. The highest BCUT2D eigenvalue weighted by Crippen LogP contribution is 2.61. The Morgan fingerprint density at radius 3 is 2.40 bits per heavy atom. The highest BCUT2D eigenvalue weighted by atomic mass is 35.5. The normalized spacial score (nSPS) is 30.5. The molecule has 0 aromatic heterocycles. The summed E-state index contributed by atoms with van der Waals surface area (Å²) in [7, 11) is 0. The maximum atomic E-state index is 13.2. The van der Waals surface area contributed by atoms with E-state index in [-0.39, 0.29) is 23.1 Å². The fraction of sp³-hybridized carbons (Fsp3) is 0.448. The molecule has 4 aliphatic carbocycles. The van der Waals surface area contributed by atoms with E-state index in [1.54, 1.807) is 6.07 Å². The van der Waals surface area contributed by atoms with E-state index in [9.17, 15) is 9.59 Å². The molecule has 4 bridgehead atoms. The van der Waals surface area contributed by atoms with E-state index in [4.69, 9.17) is 16.3 Å². The van der Waals surface area contributed by atoms with Crippen LogP contribution in [0.5, 0.6) is 5.75 Å². The lowest BCUT2D eigenvalue weighted by atomic mass is 9.48. The molecule has 1 heterocycles. The van der Waals surface area contributed by atoms with Gasteiger partial charge in [0.05, 0.1) is 18.1 Å². The van der Waals surface area contributed by atoms with Crippen molar-refractivity contribution >= 4 is 40.6 Å². The summed E-state index contributed by atoms with van der Waals surface area (Å²) < 4.78 is 5.94. The number of carbonyl (C=O) groups excluding carboxylic acids is 2. The lowest BCUT2D eigenvalue weighted by molar-refractivity contribution is -0.123. The van der Waals surface area contributed by atoms with Gasteiger partial charge in [0.1, 0.15) is 5.75 Å². The van der Waals surface area contributed by atoms with Crippen molar-refractivity contribution in [1.82, 2.24) is 4.90 Å². The largest absolute Gasteiger partial charge is 0.493 e. The van der Waals surface area contributed by atoms with Crippen molar-refractivity contribution in [2.45, 2.75) is 57.4 Å². The summed E-state index contributed by atoms with van der Waals surface area (Å²) in [4.78, 5) is 27.7. The highest BCUT2D eigenvalue weighted by Gasteiger charge is 2.51. The Morgan fingerprint density at radius 2 is 1.74 bits per heavy atom. The van der Waals surface area contributed by atoms with E-state index in [2.05, 4.69) is 18.2 Å². The number of hydrogen-bond donors (Lipinski definition) is 0. The lowest BCUT2D eigenvalue weighted by Gasteiger charge is -2.57. The van der Waals surface area contributed by atoms with Crippen LogP contribution < -0.4 is 4.74 Å². The monoisotopic (exact) mass is 507 g/mol. The van der Waals surface area contributed by atoms with Gasteiger partial charge in [-0.05, 0) is 116 Å². The van der Waals surface area contributed by atoms with Crippen LogP contribution in [0.15, 0.2) is 47.4 Å². The molecule has 0 atom stereocenters. The summed E-state index contributed by atoms with van der Waals surface area (Å²) in [6.45, 7) is 2.69. The third-order valence-corrected chi connectivity index (χ3v) is 9.68. The molecule has 35 heavy (non-hydrogen) atoms. The maximum absolute atomic E-state index is 13.2. The molecule has 4 saturated carbocycles. The van der Waals surface area contributed by atoms with Crippen molar-refractivity contribution in [3.63, 3.8) is 0 Å². The number of benzene rings is 2. The first-order chi connectivity index (χ1) is 16.9. The topological polar surface area (TPSA) is 46.6 Å². The summed E-state index contributed by atoms with van der Waals surface area (Å²) in [5.41, 5.74) is 3.28. The van der Waals surface area contributed by atoms with Crippen molar-refractivity contribution in [3.05, 3.63) is 69.1 Å². The molecule has 0 N–H and O–H groups in total. The average molecular weight is 508 g/mol. The molecule has 2 amide bonds. The van der Waals surface area contributed by atoms with Crippen LogP contribution in [0.25, 0.3) is 6.08 Å². The summed E-state index contributed by atoms with van der Waals surface area (Å²) in [5, 5.41) is 0.286. The summed E-state index contributed by atoms with van der Waals surface area (Å²) >= 11 is 7.27. The second kappa shape index (κ2) is 9.01. The third-order valence-electron chi connectivity index (χ3n) is 8.41. The van der Waals surface area contributed by atoms with Gasteiger partial charge in [-0.1, -0.05) is 35.9 Å². The molecule has 0 unspecified atom stereocenters. The van der Waals surface area contributed by atoms with Crippen LogP contribution >= 0.6 is 23.4 Å². The average Bonchev–Trinajstić information content (AvgIpc) is 3.08. The van der Waals surface area contributed by atoms with Crippen LogP contribution in [0.4, 0.5) is 4.79 Å². The van der Waals surface area contributed by atoms with Gasteiger partial charge in [0.25, 0.3) is 11.1 Å². The quantitative estimate of drug-likeness (QED) is 0.381. The molecule has 5 aliphatic rings. The fourth-order valence-electron chi connectivity index (χ4n) is 7.32. The molecule has 4 nitrogen and oxygen atoms in total. The van der Waals surface area contributed by atoms with Gasteiger partial charge in [0, 0.05) is 10.6 Å². The second-order valence-electron chi connectivity index (χ2n) is 10.7. The Bertz CT molecular complexity index is 1190. The zero-order chi connectivity index (χ0) is 24.2. The van der Waals surface area contributed by atoms with E-state index >= 15 is 0 Å². The molecule has 5 fully saturated rings. The molecule has 1 saturated heterocycles. The molecule has 0 spiro atoms. The first-order valence-corrected chi connectivity index (χ1v) is 13.9. The molecule has 2 aromatic carbocycles. The Hall–Kier alpha value is -2.24. The molecular formula is C29H30ClNO3S. The molecule has 182 valence electrons. The van der Waals surface area contributed by atoms with Gasteiger partial charge in [-0.3, -0.25) is 14.5 Å². The number of thioether (sulfide) groups is 1. The number of halogens is 1. The first kappa shape index (κ1) is 23.2. The van der Waals surface area contributed by atoms with Crippen LogP contribution in [0, 0.1) is 17.8 Å². The van der Waals surface area contributed by atoms with Gasteiger partial charge in [-0.25, -0.2) is 0 Å². The van der Waals surface area contributed by atoms with E-state index in [0.29, 0.717) is 16.5 Å². The number of rotatable bonds is 6. The van der Waals surface area contributed by atoms with Crippen molar-refractivity contribution < 1.29 is 14.3 Å². The number of ether oxygens (including phenoxy) is 1. The van der Waals surface area contributed by atoms with Crippen molar-refractivity contribution in [2.75, 3.05) is 6.61 Å². The van der Waals surface area contributed by atoms with E-state index in [0.717, 1.165) is 46.4 Å². The number of amides is 2. The van der Waals surface area contributed by atoms with Crippen molar-refractivity contribution in [3.8, 4) is 5.75 Å². The van der Waals surface area contributed by atoms with Gasteiger partial charge in [0.15, 0.2) is 0 Å². The van der Waals surface area contributed by atoms with Gasteiger partial charge in [-0.2, -0.15) is 0 Å². The minimum Gasteiger partial charge on any atom is -0.493 e. The third kappa shape index (κ3) is 4.21. The van der Waals surface area contributed by atoms with Gasteiger partial charge in [0.2, 0.25) is 0 Å². The molecule has 6 heteroatoms. The van der Waals surface area contributed by atoms with E-state index in [1.165, 1.54) is 49.0 Å². The molecular weight excluding hydrogens is 478 g/mol. The number of hydrogen-bond acceptors (Lipinski definition) is 4. The minimum absolute atomic E-state index is 0.174. The summed E-state index contributed by atoms with van der Waals surface area (Å²) in [5.74, 6) is 3.06. The Labute approximate surface area is 216 Å². The predicted octanol–water partition coefficient (Wildman–Crippen LogP) is 7.44. The predicted molar refractivity (Wildman–Crippen MR) is 140 cm³/mol. The van der Waals surface area contributed by atoms with Crippen LogP contribution in [0.1, 0.15) is 62.1 Å². The highest BCUT2D eigenvalue weighted by molar-refractivity contribution is 8.18. The zero-order valence-electron chi connectivity index (χ0n) is 20.0. The van der Waals surface area contributed by atoms with E-state index < -0.39 is 0 Å². The Balaban J connectivity index is 1.32. The SMILES string of the molecule is CCOc1ccc(C23CC4CC(CC(C4)C2)C3)cc1/C=C1/SC(=O)N(Cc2ccccc2Cl)C1=O. The molecule has 0 radical (unpaired) electrons. The molecule has 1 aliphatic heterocycles. The first-order valence-electron chi connectivity index (χ1n) is 12.7. The maximum Gasteiger partial charge on any atom is 0.293 e. The van der Waals surface area contributed by atoms with Gasteiger partial charge >= 0.3 is 0 Å². The van der Waals surface area contributed by atoms with Crippen molar-refractivity contribution in [2.24, 2.45) is 17.8 Å². The fourth-order valence-corrected chi connectivity index (χ4v) is 8.34. The standard InChI is InChI=1S/C29H30ClNO3S/c1-2-34-25-8-7-23(29-14-18-9-19(15-29)11-20(10-18)16-29)12-22(25)13-26-27(32)31(28(33)35-26)17-21-5-3-4-6-24(21)30/h3-8,12-13,18-20H,2,9-11,14-17H2,1H3/b26-13+. The second-order valence-corrected chi connectivity index (χ2v) is 12.1. The van der Waals surface area contributed by atoms with Crippen LogP contribution in [0.2, 0.25) is 5.02 Å². The number of nitrogens with zero attached hydrogens (tertiary/aromatic N) is 1. The number of imide groups is 1. The Kier molecular flexibility index (Phi) is 5.96. The lowest BCUT2D eigenvalue weighted by Crippen LogP contribution is -2.48. The van der Waals surface area contributed by atoms with Crippen molar-refractivity contribution in [1.29, 1.82) is 0 Å². The van der Waals surface area contributed by atoms with E-state index in [1.807, 2.05) is 31.2 Å². The molecule has 7 rings (SSSR count). The molecule has 2 aromatic rings. The zero-order valence-corrected chi connectivity index (χ0v) is 21.5. The van der Waals surface area contributed by atoms with Gasteiger partial charge in [-0.15, -0.1) is 0 Å².